The van der Waals surface area contributed by atoms with Crippen LogP contribution in [0.3, 0.4) is 0 Å². The standard InChI is InChI=1S/C19H27NO5/c1-12-6-5-7-15(13(12)2)20-18(21)11-25-16-9-8-14(19(22)24-4)10-17(16)23-3/h8-10,12-13,15H,5-7,11H2,1-4H3,(H,20,21)/t12-,13+,15-/m0/s1. The lowest BCUT2D eigenvalue weighted by atomic mass is 9.78. The molecule has 1 saturated carbocycles. The van der Waals surface area contributed by atoms with E-state index in [0.29, 0.717) is 28.9 Å². The highest BCUT2D eigenvalue weighted by Crippen LogP contribution is 2.30. The van der Waals surface area contributed by atoms with Crippen LogP contribution in [0.25, 0.3) is 0 Å². The highest BCUT2D eigenvalue weighted by atomic mass is 16.5. The number of ether oxygens (including phenoxy) is 3. The Hall–Kier alpha value is -2.24. The molecule has 1 aliphatic carbocycles. The Bertz CT molecular complexity index is 616. The molecule has 0 bridgehead atoms. The Kier molecular flexibility index (Phi) is 6.67. The minimum Gasteiger partial charge on any atom is -0.493 e. The second kappa shape index (κ2) is 8.74. The van der Waals surface area contributed by atoms with Gasteiger partial charge in [0.15, 0.2) is 18.1 Å². The summed E-state index contributed by atoms with van der Waals surface area (Å²) in [6, 6.07) is 4.91. The van der Waals surface area contributed by atoms with Crippen LogP contribution in [0.4, 0.5) is 0 Å². The quantitative estimate of drug-likeness (QED) is 0.800. The molecule has 1 N–H and O–H groups in total. The first-order valence-electron chi connectivity index (χ1n) is 8.64. The summed E-state index contributed by atoms with van der Waals surface area (Å²) in [7, 11) is 2.80. The van der Waals surface area contributed by atoms with Gasteiger partial charge in [0.2, 0.25) is 0 Å². The van der Waals surface area contributed by atoms with Crippen LogP contribution < -0.4 is 14.8 Å². The van der Waals surface area contributed by atoms with Crippen LogP contribution in [0, 0.1) is 11.8 Å². The molecule has 0 radical (unpaired) electrons. The number of carbonyl (C=O) groups excluding carboxylic acids is 2. The van der Waals surface area contributed by atoms with Gasteiger partial charge in [-0.05, 0) is 36.5 Å². The SMILES string of the molecule is COC(=O)c1ccc(OCC(=O)N[C@H]2CCC[C@H](C)[C@H]2C)c(OC)c1. The van der Waals surface area contributed by atoms with Crippen LogP contribution in [-0.4, -0.2) is 38.7 Å². The van der Waals surface area contributed by atoms with Crippen LogP contribution in [0.5, 0.6) is 11.5 Å². The van der Waals surface area contributed by atoms with Crippen molar-refractivity contribution in [1.29, 1.82) is 0 Å². The van der Waals surface area contributed by atoms with Gasteiger partial charge < -0.3 is 19.5 Å². The molecule has 0 unspecified atom stereocenters. The van der Waals surface area contributed by atoms with E-state index in [9.17, 15) is 9.59 Å². The minimum atomic E-state index is -0.456. The molecule has 3 atom stereocenters. The van der Waals surface area contributed by atoms with E-state index in [4.69, 9.17) is 9.47 Å². The Balaban J connectivity index is 1.94. The van der Waals surface area contributed by atoms with Gasteiger partial charge in [-0.15, -0.1) is 0 Å². The molecule has 0 heterocycles. The maximum absolute atomic E-state index is 12.2. The average Bonchev–Trinajstić information content (AvgIpc) is 2.63. The molecule has 0 saturated heterocycles. The van der Waals surface area contributed by atoms with Crippen molar-refractivity contribution < 1.29 is 23.8 Å². The normalized spacial score (nSPS) is 22.8. The Morgan fingerprint density at radius 1 is 1.16 bits per heavy atom. The molecule has 2 rings (SSSR count). The van der Waals surface area contributed by atoms with E-state index >= 15 is 0 Å². The summed E-state index contributed by atoms with van der Waals surface area (Å²) in [5.74, 6) is 1.27. The molecule has 6 nitrogen and oxygen atoms in total. The van der Waals surface area contributed by atoms with Crippen molar-refractivity contribution in [2.75, 3.05) is 20.8 Å². The summed E-state index contributed by atoms with van der Waals surface area (Å²) < 4.78 is 15.5. The number of hydrogen-bond acceptors (Lipinski definition) is 5. The van der Waals surface area contributed by atoms with E-state index in [0.717, 1.165) is 12.8 Å². The van der Waals surface area contributed by atoms with Crippen LogP contribution in [0.1, 0.15) is 43.5 Å². The lowest BCUT2D eigenvalue weighted by Crippen LogP contribution is -2.45. The molecule has 1 aromatic rings. The number of amides is 1. The van der Waals surface area contributed by atoms with Gasteiger partial charge in [0.1, 0.15) is 0 Å². The van der Waals surface area contributed by atoms with Crippen molar-refractivity contribution in [2.24, 2.45) is 11.8 Å². The summed E-state index contributed by atoms with van der Waals surface area (Å²) in [6.07, 6.45) is 3.36. The Morgan fingerprint density at radius 2 is 1.92 bits per heavy atom. The molecule has 6 heteroatoms. The molecule has 1 aliphatic rings. The summed E-state index contributed by atoms with van der Waals surface area (Å²) in [6.45, 7) is 4.32. The van der Waals surface area contributed by atoms with Gasteiger partial charge >= 0.3 is 5.97 Å². The Labute approximate surface area is 148 Å². The van der Waals surface area contributed by atoms with E-state index < -0.39 is 5.97 Å². The molecule has 25 heavy (non-hydrogen) atoms. The summed E-state index contributed by atoms with van der Waals surface area (Å²) in [5.41, 5.74) is 0.362. The first kappa shape index (κ1) is 19.1. The van der Waals surface area contributed by atoms with Gasteiger partial charge in [0.05, 0.1) is 19.8 Å². The summed E-state index contributed by atoms with van der Waals surface area (Å²) in [4.78, 5) is 23.8. The number of esters is 1. The minimum absolute atomic E-state index is 0.0917. The Morgan fingerprint density at radius 3 is 2.60 bits per heavy atom. The molecule has 0 aliphatic heterocycles. The van der Waals surface area contributed by atoms with Gasteiger partial charge in [-0.1, -0.05) is 26.7 Å². The van der Waals surface area contributed by atoms with E-state index in [1.807, 2.05) is 0 Å². The molecular formula is C19H27NO5. The van der Waals surface area contributed by atoms with E-state index in [1.54, 1.807) is 12.1 Å². The number of hydrogen-bond donors (Lipinski definition) is 1. The predicted molar refractivity (Wildman–Crippen MR) is 93.9 cm³/mol. The monoisotopic (exact) mass is 349 g/mol. The van der Waals surface area contributed by atoms with E-state index in [2.05, 4.69) is 23.9 Å². The van der Waals surface area contributed by atoms with Crippen molar-refractivity contribution in [3.8, 4) is 11.5 Å². The molecule has 1 fully saturated rings. The third kappa shape index (κ3) is 4.87. The third-order valence-electron chi connectivity index (χ3n) is 5.00. The van der Waals surface area contributed by atoms with Crippen molar-refractivity contribution in [3.05, 3.63) is 23.8 Å². The first-order chi connectivity index (χ1) is 12.0. The average molecular weight is 349 g/mol. The highest BCUT2D eigenvalue weighted by Gasteiger charge is 2.28. The van der Waals surface area contributed by atoms with Crippen LogP contribution >= 0.6 is 0 Å². The largest absolute Gasteiger partial charge is 0.493 e. The topological polar surface area (TPSA) is 73.9 Å². The molecule has 0 spiro atoms. The fourth-order valence-electron chi connectivity index (χ4n) is 3.21. The lowest BCUT2D eigenvalue weighted by Gasteiger charge is -2.34. The molecule has 0 aromatic heterocycles. The van der Waals surface area contributed by atoms with Gasteiger partial charge in [-0.2, -0.15) is 0 Å². The van der Waals surface area contributed by atoms with Gasteiger partial charge in [-0.3, -0.25) is 4.79 Å². The van der Waals surface area contributed by atoms with Crippen molar-refractivity contribution in [1.82, 2.24) is 5.32 Å². The van der Waals surface area contributed by atoms with Gasteiger partial charge in [0, 0.05) is 6.04 Å². The van der Waals surface area contributed by atoms with Crippen molar-refractivity contribution >= 4 is 11.9 Å². The van der Waals surface area contributed by atoms with Crippen molar-refractivity contribution in [2.45, 2.75) is 39.2 Å². The van der Waals surface area contributed by atoms with E-state index in [-0.39, 0.29) is 18.6 Å². The molecule has 1 amide bonds. The zero-order chi connectivity index (χ0) is 18.4. The number of nitrogens with one attached hydrogen (secondary N) is 1. The van der Waals surface area contributed by atoms with Crippen molar-refractivity contribution in [3.63, 3.8) is 0 Å². The summed E-state index contributed by atoms with van der Waals surface area (Å²) >= 11 is 0. The lowest BCUT2D eigenvalue weighted by molar-refractivity contribution is -0.124. The fourth-order valence-corrected chi connectivity index (χ4v) is 3.21. The molecular weight excluding hydrogens is 322 g/mol. The number of carbonyl (C=O) groups is 2. The van der Waals surface area contributed by atoms with E-state index in [1.165, 1.54) is 26.7 Å². The van der Waals surface area contributed by atoms with Crippen LogP contribution in [0.2, 0.25) is 0 Å². The zero-order valence-electron chi connectivity index (χ0n) is 15.3. The fraction of sp³-hybridized carbons (Fsp3) is 0.579. The smallest absolute Gasteiger partial charge is 0.337 e. The van der Waals surface area contributed by atoms with Crippen LogP contribution in [-0.2, 0) is 9.53 Å². The number of rotatable bonds is 6. The summed E-state index contributed by atoms with van der Waals surface area (Å²) in [5, 5.41) is 3.07. The zero-order valence-corrected chi connectivity index (χ0v) is 15.3. The van der Waals surface area contributed by atoms with Gasteiger partial charge in [-0.25, -0.2) is 4.79 Å². The number of benzene rings is 1. The molecule has 138 valence electrons. The predicted octanol–water partition coefficient (Wildman–Crippen LogP) is 2.80. The second-order valence-electron chi connectivity index (χ2n) is 6.59. The van der Waals surface area contributed by atoms with Gasteiger partial charge in [0.25, 0.3) is 5.91 Å². The third-order valence-corrected chi connectivity index (χ3v) is 5.00. The maximum Gasteiger partial charge on any atom is 0.337 e. The first-order valence-corrected chi connectivity index (χ1v) is 8.64. The molecule has 1 aromatic carbocycles. The van der Waals surface area contributed by atoms with Crippen LogP contribution in [0.15, 0.2) is 18.2 Å². The second-order valence-corrected chi connectivity index (χ2v) is 6.59. The highest BCUT2D eigenvalue weighted by molar-refractivity contribution is 5.90. The number of methoxy groups -OCH3 is 2. The maximum atomic E-state index is 12.2.